The maximum atomic E-state index is 13.0. The molecule has 1 aliphatic rings. The first kappa shape index (κ1) is 23.9. The highest BCUT2D eigenvalue weighted by Gasteiger charge is 2.27. The van der Waals surface area contributed by atoms with Crippen LogP contribution in [0.3, 0.4) is 0 Å². The average molecular weight is 483 g/mol. The summed E-state index contributed by atoms with van der Waals surface area (Å²) in [4.78, 5) is 14.1. The summed E-state index contributed by atoms with van der Waals surface area (Å²) in [7, 11) is -2.13. The number of sulfonamides is 1. The van der Waals surface area contributed by atoms with Gasteiger partial charge < -0.3 is 10.1 Å². The zero-order valence-corrected chi connectivity index (χ0v) is 20.0. The molecule has 0 radical (unpaired) electrons. The van der Waals surface area contributed by atoms with E-state index in [1.165, 1.54) is 35.3 Å². The van der Waals surface area contributed by atoms with E-state index >= 15 is 0 Å². The van der Waals surface area contributed by atoms with Crippen molar-refractivity contribution in [1.82, 2.24) is 4.31 Å². The maximum Gasteiger partial charge on any atom is 0.243 e. The van der Waals surface area contributed by atoms with Crippen LogP contribution in [0.2, 0.25) is 5.02 Å². The number of thioether (sulfide) groups is 1. The van der Waals surface area contributed by atoms with Gasteiger partial charge in [-0.05, 0) is 61.7 Å². The minimum Gasteiger partial charge on any atom is -0.495 e. The molecule has 0 unspecified atom stereocenters. The van der Waals surface area contributed by atoms with Crippen LogP contribution in [0.1, 0.15) is 32.6 Å². The summed E-state index contributed by atoms with van der Waals surface area (Å²) in [5.41, 5.74) is 0.348. The van der Waals surface area contributed by atoms with Gasteiger partial charge in [-0.2, -0.15) is 4.31 Å². The number of halogens is 1. The van der Waals surface area contributed by atoms with E-state index in [1.54, 1.807) is 18.2 Å². The predicted octanol–water partition coefficient (Wildman–Crippen LogP) is 5.03. The Bertz CT molecular complexity index is 1010. The Balaban J connectivity index is 1.81. The number of carbonyl (C=O) groups is 1. The molecular weight excluding hydrogens is 456 g/mol. The fourth-order valence-electron chi connectivity index (χ4n) is 3.41. The lowest BCUT2D eigenvalue weighted by Gasteiger charge is -2.26. The van der Waals surface area contributed by atoms with Crippen LogP contribution < -0.4 is 10.1 Å². The molecule has 1 N–H and O–H groups in total. The number of piperidine rings is 1. The number of amides is 1. The van der Waals surface area contributed by atoms with Crippen molar-refractivity contribution in [3.8, 4) is 5.75 Å². The standard InChI is InChI=1S/C22H27ClN2O4S2/c1-3-21(30-17-9-7-16(23)8-10-17)22(26)24-19-15-18(11-12-20(19)29-2)31(27,28)25-13-5-4-6-14-25/h7-12,15,21H,3-6,13-14H2,1-2H3,(H,24,26)/t21-/m0/s1. The molecule has 0 aliphatic carbocycles. The number of benzene rings is 2. The Labute approximate surface area is 193 Å². The molecule has 3 rings (SSSR count). The third kappa shape index (κ3) is 5.94. The smallest absolute Gasteiger partial charge is 0.243 e. The van der Waals surface area contributed by atoms with Gasteiger partial charge in [0, 0.05) is 23.0 Å². The molecule has 31 heavy (non-hydrogen) atoms. The molecule has 2 aromatic rings. The number of ether oxygens (including phenoxy) is 1. The first-order chi connectivity index (χ1) is 14.8. The summed E-state index contributed by atoms with van der Waals surface area (Å²) >= 11 is 7.37. The Hall–Kier alpha value is -1.74. The summed E-state index contributed by atoms with van der Waals surface area (Å²) in [5, 5.41) is 3.15. The highest BCUT2D eigenvalue weighted by molar-refractivity contribution is 8.00. The maximum absolute atomic E-state index is 13.0. The zero-order chi connectivity index (χ0) is 22.4. The van der Waals surface area contributed by atoms with Crippen LogP contribution in [0.5, 0.6) is 5.75 Å². The Morgan fingerprint density at radius 3 is 2.45 bits per heavy atom. The molecule has 0 saturated carbocycles. The third-order valence-corrected chi connectivity index (χ3v) is 8.66. The van der Waals surface area contributed by atoms with E-state index < -0.39 is 10.0 Å². The first-order valence-electron chi connectivity index (χ1n) is 10.3. The van der Waals surface area contributed by atoms with Gasteiger partial charge in [-0.3, -0.25) is 4.79 Å². The fourth-order valence-corrected chi connectivity index (χ4v) is 6.04. The average Bonchev–Trinajstić information content (AvgIpc) is 2.79. The Kier molecular flexibility index (Phi) is 8.27. The summed E-state index contributed by atoms with van der Waals surface area (Å²) in [5.74, 6) is 0.200. The third-order valence-electron chi connectivity index (χ3n) is 5.14. The minimum atomic E-state index is -3.61. The van der Waals surface area contributed by atoms with Crippen molar-refractivity contribution >= 4 is 45.0 Å². The van der Waals surface area contributed by atoms with Gasteiger partial charge in [0.25, 0.3) is 0 Å². The highest BCUT2D eigenvalue weighted by Crippen LogP contribution is 2.32. The van der Waals surface area contributed by atoms with Crippen LogP contribution in [0.15, 0.2) is 52.3 Å². The quantitative estimate of drug-likeness (QED) is 0.534. The molecule has 0 bridgehead atoms. The van der Waals surface area contributed by atoms with Gasteiger partial charge >= 0.3 is 0 Å². The largest absolute Gasteiger partial charge is 0.495 e. The molecule has 0 spiro atoms. The van der Waals surface area contributed by atoms with Crippen molar-refractivity contribution in [2.24, 2.45) is 0 Å². The first-order valence-corrected chi connectivity index (χ1v) is 13.0. The van der Waals surface area contributed by atoms with E-state index in [4.69, 9.17) is 16.3 Å². The van der Waals surface area contributed by atoms with Crippen molar-refractivity contribution < 1.29 is 17.9 Å². The topological polar surface area (TPSA) is 75.7 Å². The fraction of sp³-hybridized carbons (Fsp3) is 0.409. The number of hydrogen-bond acceptors (Lipinski definition) is 5. The van der Waals surface area contributed by atoms with Crippen molar-refractivity contribution in [2.45, 2.75) is 47.6 Å². The van der Waals surface area contributed by atoms with Crippen LogP contribution in [0.25, 0.3) is 0 Å². The molecular formula is C22H27ClN2O4S2. The van der Waals surface area contributed by atoms with Crippen LogP contribution in [0, 0.1) is 0 Å². The van der Waals surface area contributed by atoms with Gasteiger partial charge in [-0.15, -0.1) is 11.8 Å². The van der Waals surface area contributed by atoms with Crippen LogP contribution in [0.4, 0.5) is 5.69 Å². The molecule has 0 aromatic heterocycles. The molecule has 6 nitrogen and oxygen atoms in total. The number of methoxy groups -OCH3 is 1. The second-order valence-electron chi connectivity index (χ2n) is 7.28. The van der Waals surface area contributed by atoms with Crippen LogP contribution in [-0.4, -0.2) is 44.1 Å². The number of anilines is 1. The van der Waals surface area contributed by atoms with E-state index in [1.807, 2.05) is 19.1 Å². The molecule has 1 amide bonds. The highest BCUT2D eigenvalue weighted by atomic mass is 35.5. The van der Waals surface area contributed by atoms with Crippen molar-refractivity contribution in [1.29, 1.82) is 0 Å². The van der Waals surface area contributed by atoms with Crippen LogP contribution in [-0.2, 0) is 14.8 Å². The molecule has 1 saturated heterocycles. The predicted molar refractivity (Wildman–Crippen MR) is 126 cm³/mol. The van der Waals surface area contributed by atoms with Gasteiger partial charge in [-0.1, -0.05) is 24.9 Å². The van der Waals surface area contributed by atoms with Crippen molar-refractivity contribution in [3.05, 3.63) is 47.5 Å². The Morgan fingerprint density at radius 1 is 1.16 bits per heavy atom. The number of hydrogen-bond donors (Lipinski definition) is 1. The number of carbonyl (C=O) groups excluding carboxylic acids is 1. The molecule has 168 valence electrons. The lowest BCUT2D eigenvalue weighted by Crippen LogP contribution is -2.35. The normalized spacial score (nSPS) is 16.0. The summed E-state index contributed by atoms with van der Waals surface area (Å²) < 4.78 is 33.0. The SMILES string of the molecule is CC[C@H](Sc1ccc(Cl)cc1)C(=O)Nc1cc(S(=O)(=O)N2CCCCC2)ccc1OC. The summed E-state index contributed by atoms with van der Waals surface area (Å²) in [6.45, 7) is 2.97. The minimum absolute atomic E-state index is 0.156. The van der Waals surface area contributed by atoms with Gasteiger partial charge in [0.15, 0.2) is 0 Å². The molecule has 9 heteroatoms. The molecule has 1 atom stereocenters. The van der Waals surface area contributed by atoms with Crippen molar-refractivity contribution in [3.63, 3.8) is 0 Å². The molecule has 2 aromatic carbocycles. The molecule has 1 aliphatic heterocycles. The second-order valence-corrected chi connectivity index (χ2v) is 10.9. The van der Waals surface area contributed by atoms with E-state index in [-0.39, 0.29) is 16.1 Å². The van der Waals surface area contributed by atoms with Gasteiger partial charge in [0.1, 0.15) is 5.75 Å². The molecule has 1 heterocycles. The van der Waals surface area contributed by atoms with Gasteiger partial charge in [0.2, 0.25) is 15.9 Å². The lowest BCUT2D eigenvalue weighted by atomic mass is 10.2. The van der Waals surface area contributed by atoms with Crippen LogP contribution >= 0.6 is 23.4 Å². The summed E-state index contributed by atoms with van der Waals surface area (Å²) in [6.07, 6.45) is 3.37. The van der Waals surface area contributed by atoms with E-state index in [9.17, 15) is 13.2 Å². The van der Waals surface area contributed by atoms with E-state index in [2.05, 4.69) is 5.32 Å². The van der Waals surface area contributed by atoms with E-state index in [0.717, 1.165) is 24.2 Å². The number of rotatable bonds is 8. The Morgan fingerprint density at radius 2 is 1.84 bits per heavy atom. The molecule has 1 fully saturated rings. The van der Waals surface area contributed by atoms with E-state index in [0.29, 0.717) is 36.0 Å². The lowest BCUT2D eigenvalue weighted by molar-refractivity contribution is -0.115. The zero-order valence-electron chi connectivity index (χ0n) is 17.6. The summed E-state index contributed by atoms with van der Waals surface area (Å²) in [6, 6.07) is 11.9. The monoisotopic (exact) mass is 482 g/mol. The van der Waals surface area contributed by atoms with Crippen molar-refractivity contribution in [2.75, 3.05) is 25.5 Å². The van der Waals surface area contributed by atoms with Gasteiger partial charge in [0.05, 0.1) is 22.9 Å². The second kappa shape index (κ2) is 10.7. The number of nitrogens with zero attached hydrogens (tertiary/aromatic N) is 1. The number of nitrogens with one attached hydrogen (secondary N) is 1. The van der Waals surface area contributed by atoms with Gasteiger partial charge in [-0.25, -0.2) is 8.42 Å².